The van der Waals surface area contributed by atoms with Gasteiger partial charge in [-0.1, -0.05) is 45.0 Å². The number of amides is 5. The molecule has 6 N–H and O–H groups in total. The Labute approximate surface area is 393 Å². The average Bonchev–Trinajstić information content (AvgIpc) is 4.15. The molecule has 67 heavy (non-hydrogen) atoms. The highest BCUT2D eigenvalue weighted by Gasteiger charge is 2.44. The molecule has 0 spiro atoms. The second-order valence-electron chi connectivity index (χ2n) is 18.9. The standard InChI is InChI=1S/C49H59N11O6S/c1-29-44(67-28-52-29)32-10-8-30(9-11-32)23-51-47(65)40-22-36(61)26-60(40)48(66)45(49(2,3)4)57-42(62)7-6-17-50-43(63)19-31-16-18-59(25-31)27-41-55-37-14-13-35(21-38(37)56-41)54-46(64)33-12-15-39-34(20-33)24-53-58(39)5/h8-15,20-21,24,28,31,36,40,45,61H,6-7,16-19,22-23,25-27H2,1-5H3,(H,50,63)(H,51,65)(H,54,64)(H,55,56)(H,57,62)/t31?,36-,40+,45-/m1/s1. The number of rotatable bonds is 16. The number of nitrogens with zero attached hydrogens (tertiary/aromatic N) is 6. The van der Waals surface area contributed by atoms with E-state index in [0.717, 1.165) is 69.0 Å². The van der Waals surface area contributed by atoms with Crippen molar-refractivity contribution in [3.8, 4) is 10.4 Å². The summed E-state index contributed by atoms with van der Waals surface area (Å²) in [4.78, 5) is 84.0. The number of benzene rings is 3. The molecule has 2 fully saturated rings. The van der Waals surface area contributed by atoms with Crippen molar-refractivity contribution in [2.45, 2.75) is 91.1 Å². The Hall–Kier alpha value is -6.50. The second kappa shape index (κ2) is 20.2. The van der Waals surface area contributed by atoms with Crippen LogP contribution in [0.3, 0.4) is 0 Å². The first-order valence-corrected chi connectivity index (χ1v) is 23.7. The zero-order chi connectivity index (χ0) is 47.4. The van der Waals surface area contributed by atoms with Gasteiger partial charge in [-0.05, 0) is 85.2 Å². The molecule has 2 saturated heterocycles. The SMILES string of the molecule is Cc1ncsc1-c1ccc(CNC(=O)[C@@H]2C[C@@H](O)CN2C(=O)[C@@H](NC(=O)CCCNC(=O)CC2CCN(Cc3nc4cc(NC(=O)c5ccc6c(cnn6C)c5)ccc4[nH]3)C2)C(C)(C)C)cc1. The minimum Gasteiger partial charge on any atom is -0.391 e. The Morgan fingerprint density at radius 3 is 2.55 bits per heavy atom. The normalized spacial score (nSPS) is 18.1. The number of aliphatic hydroxyl groups is 1. The summed E-state index contributed by atoms with van der Waals surface area (Å²) in [6.45, 7) is 10.2. The van der Waals surface area contributed by atoms with Crippen molar-refractivity contribution in [2.75, 3.05) is 31.5 Å². The van der Waals surface area contributed by atoms with Gasteiger partial charge in [0.2, 0.25) is 23.6 Å². The van der Waals surface area contributed by atoms with Crippen LogP contribution in [0.4, 0.5) is 5.69 Å². The first kappa shape index (κ1) is 47.0. The smallest absolute Gasteiger partial charge is 0.255 e. The number of hydrogen-bond acceptors (Lipinski definition) is 11. The molecule has 2 aliphatic rings. The van der Waals surface area contributed by atoms with Gasteiger partial charge in [-0.3, -0.25) is 33.6 Å². The maximum Gasteiger partial charge on any atom is 0.255 e. The van der Waals surface area contributed by atoms with Crippen LogP contribution in [-0.2, 0) is 39.3 Å². The van der Waals surface area contributed by atoms with Crippen LogP contribution in [0.1, 0.15) is 80.3 Å². The Kier molecular flexibility index (Phi) is 14.1. The van der Waals surface area contributed by atoms with Crippen molar-refractivity contribution in [3.63, 3.8) is 0 Å². The zero-order valence-corrected chi connectivity index (χ0v) is 39.4. The highest BCUT2D eigenvalue weighted by molar-refractivity contribution is 7.13. The van der Waals surface area contributed by atoms with Crippen LogP contribution in [0.25, 0.3) is 32.4 Å². The van der Waals surface area contributed by atoms with E-state index in [1.54, 1.807) is 28.3 Å². The Bertz CT molecular complexity index is 2770. The molecule has 5 heterocycles. The van der Waals surface area contributed by atoms with Crippen molar-refractivity contribution in [1.82, 2.24) is 50.5 Å². The summed E-state index contributed by atoms with van der Waals surface area (Å²) < 4.78 is 1.77. The average molecular weight is 930 g/mol. The third-order valence-corrected chi connectivity index (χ3v) is 13.6. The Morgan fingerprint density at radius 2 is 1.79 bits per heavy atom. The van der Waals surface area contributed by atoms with Gasteiger partial charge in [0.15, 0.2) is 0 Å². The minimum atomic E-state index is -0.937. The van der Waals surface area contributed by atoms with Gasteiger partial charge >= 0.3 is 0 Å². The molecule has 18 heteroatoms. The molecular weight excluding hydrogens is 871 g/mol. The van der Waals surface area contributed by atoms with Crippen molar-refractivity contribution in [2.24, 2.45) is 18.4 Å². The molecule has 4 atom stereocenters. The van der Waals surface area contributed by atoms with E-state index in [-0.39, 0.29) is 55.5 Å². The van der Waals surface area contributed by atoms with Crippen LogP contribution in [-0.4, -0.2) is 114 Å². The number of fused-ring (bicyclic) bond motifs is 2. The van der Waals surface area contributed by atoms with E-state index in [9.17, 15) is 29.1 Å². The molecule has 0 bridgehead atoms. The van der Waals surface area contributed by atoms with Crippen molar-refractivity contribution < 1.29 is 29.1 Å². The van der Waals surface area contributed by atoms with Crippen LogP contribution in [0, 0.1) is 18.3 Å². The minimum absolute atomic E-state index is 0.0112. The van der Waals surface area contributed by atoms with Crippen LogP contribution in [0.2, 0.25) is 0 Å². The fourth-order valence-corrected chi connectivity index (χ4v) is 9.79. The van der Waals surface area contributed by atoms with E-state index < -0.39 is 29.5 Å². The molecule has 3 aromatic carbocycles. The first-order chi connectivity index (χ1) is 32.1. The summed E-state index contributed by atoms with van der Waals surface area (Å²) >= 11 is 1.57. The molecule has 6 aromatic rings. The lowest BCUT2D eigenvalue weighted by Gasteiger charge is -2.35. The van der Waals surface area contributed by atoms with Crippen LogP contribution in [0.15, 0.2) is 72.4 Å². The molecule has 1 unspecified atom stereocenters. The van der Waals surface area contributed by atoms with Gasteiger partial charge < -0.3 is 36.3 Å². The highest BCUT2D eigenvalue weighted by atomic mass is 32.1. The fraction of sp³-hybridized carbons (Fsp3) is 0.429. The number of carbonyl (C=O) groups excluding carboxylic acids is 5. The molecule has 352 valence electrons. The van der Waals surface area contributed by atoms with E-state index in [4.69, 9.17) is 4.98 Å². The van der Waals surface area contributed by atoms with Gasteiger partial charge in [0.05, 0.1) is 51.5 Å². The number of likely N-dealkylation sites (tertiary alicyclic amines) is 2. The number of hydrogen-bond donors (Lipinski definition) is 6. The number of thiazole rings is 1. The largest absolute Gasteiger partial charge is 0.391 e. The maximum absolute atomic E-state index is 14.0. The number of anilines is 1. The predicted octanol–water partition coefficient (Wildman–Crippen LogP) is 5.05. The number of aryl methyl sites for hydroxylation is 2. The number of carbonyl (C=O) groups is 5. The Morgan fingerprint density at radius 1 is 0.985 bits per heavy atom. The number of H-pyrrole nitrogens is 1. The van der Waals surface area contributed by atoms with Crippen LogP contribution >= 0.6 is 11.3 Å². The molecule has 17 nitrogen and oxygen atoms in total. The van der Waals surface area contributed by atoms with Crippen molar-refractivity contribution in [3.05, 3.63) is 95.0 Å². The molecule has 8 rings (SSSR count). The third-order valence-electron chi connectivity index (χ3n) is 12.6. The molecule has 5 amide bonds. The summed E-state index contributed by atoms with van der Waals surface area (Å²) in [5.41, 5.74) is 7.78. The number of aromatic nitrogens is 5. The van der Waals surface area contributed by atoms with Gasteiger partial charge in [0.1, 0.15) is 17.9 Å². The van der Waals surface area contributed by atoms with E-state index in [1.807, 2.05) is 94.9 Å². The highest BCUT2D eigenvalue weighted by Crippen LogP contribution is 2.29. The van der Waals surface area contributed by atoms with Crippen LogP contribution < -0.4 is 21.3 Å². The number of aromatic amines is 1. The van der Waals surface area contributed by atoms with E-state index in [2.05, 4.69) is 41.2 Å². The van der Waals surface area contributed by atoms with Crippen molar-refractivity contribution in [1.29, 1.82) is 0 Å². The van der Waals surface area contributed by atoms with E-state index in [1.165, 1.54) is 4.90 Å². The third kappa shape index (κ3) is 11.4. The maximum atomic E-state index is 14.0. The van der Waals surface area contributed by atoms with E-state index >= 15 is 0 Å². The molecule has 0 aliphatic carbocycles. The molecule has 0 radical (unpaired) electrons. The lowest BCUT2D eigenvalue weighted by Crippen LogP contribution is -2.57. The monoisotopic (exact) mass is 929 g/mol. The lowest BCUT2D eigenvalue weighted by molar-refractivity contribution is -0.144. The molecule has 0 saturated carbocycles. The van der Waals surface area contributed by atoms with Gasteiger partial charge in [0, 0.05) is 69.1 Å². The fourth-order valence-electron chi connectivity index (χ4n) is 8.98. The molecule has 2 aliphatic heterocycles. The van der Waals surface area contributed by atoms with E-state index in [0.29, 0.717) is 37.2 Å². The molecular formula is C49H59N11O6S. The predicted molar refractivity (Wildman–Crippen MR) is 257 cm³/mol. The van der Waals surface area contributed by atoms with Gasteiger partial charge in [-0.25, -0.2) is 9.97 Å². The zero-order valence-electron chi connectivity index (χ0n) is 38.6. The number of aliphatic hydroxyl groups excluding tert-OH is 1. The summed E-state index contributed by atoms with van der Waals surface area (Å²) in [5.74, 6) is -0.433. The van der Waals surface area contributed by atoms with Gasteiger partial charge in [-0.15, -0.1) is 11.3 Å². The second-order valence-corrected chi connectivity index (χ2v) is 19.8. The Balaban J connectivity index is 0.750. The summed E-state index contributed by atoms with van der Waals surface area (Å²) in [5, 5.41) is 27.5. The van der Waals surface area contributed by atoms with Crippen molar-refractivity contribution >= 4 is 68.5 Å². The summed E-state index contributed by atoms with van der Waals surface area (Å²) in [6, 6.07) is 17.1. The first-order valence-electron chi connectivity index (χ1n) is 22.8. The number of imidazole rings is 1. The summed E-state index contributed by atoms with van der Waals surface area (Å²) in [7, 11) is 1.86. The quantitative estimate of drug-likeness (QED) is 0.0710. The van der Waals surface area contributed by atoms with Gasteiger partial charge in [0.25, 0.3) is 5.91 Å². The summed E-state index contributed by atoms with van der Waals surface area (Å²) in [6.07, 6.45) is 2.69. The van der Waals surface area contributed by atoms with Gasteiger partial charge in [-0.2, -0.15) is 5.10 Å². The topological polar surface area (TPSA) is 220 Å². The lowest BCUT2D eigenvalue weighted by atomic mass is 9.85. The number of nitrogens with one attached hydrogen (secondary N) is 5. The number of β-amino-alcohol motifs (C(OH)–C–C–N with tert-alkyl or cyclic N) is 1. The molecule has 3 aromatic heterocycles. The van der Waals surface area contributed by atoms with Crippen LogP contribution in [0.5, 0.6) is 0 Å².